The number of nitrogens with one attached hydrogen (secondary N) is 2. The van der Waals surface area contributed by atoms with Gasteiger partial charge in [0, 0.05) is 47.7 Å². The molecule has 0 unspecified atom stereocenters. The summed E-state index contributed by atoms with van der Waals surface area (Å²) in [7, 11) is 1.98. The Kier molecular flexibility index (Phi) is 3.36. The molecule has 0 amide bonds. The summed E-state index contributed by atoms with van der Waals surface area (Å²) in [4.78, 5) is 7.91. The molecular weight excluding hydrogens is 286 g/mol. The molecule has 3 aromatic heterocycles. The van der Waals surface area contributed by atoms with Gasteiger partial charge in [0.1, 0.15) is 5.65 Å². The van der Waals surface area contributed by atoms with Crippen molar-refractivity contribution in [2.24, 2.45) is 7.05 Å². The molecule has 0 atom stereocenters. The first-order chi connectivity index (χ1) is 11.1. The van der Waals surface area contributed by atoms with Crippen LogP contribution < -0.4 is 5.32 Å². The molecule has 23 heavy (non-hydrogen) atoms. The Balaban J connectivity index is 1.92. The molecule has 1 fully saturated rings. The molecule has 1 aliphatic rings. The maximum Gasteiger partial charge on any atom is 0.139 e. The fourth-order valence-electron chi connectivity index (χ4n) is 3.64. The Hall–Kier alpha value is -2.30. The summed E-state index contributed by atoms with van der Waals surface area (Å²) in [5.41, 5.74) is 6.86. The first kappa shape index (κ1) is 14.3. The summed E-state index contributed by atoms with van der Waals surface area (Å²) >= 11 is 0. The van der Waals surface area contributed by atoms with E-state index in [1.165, 1.54) is 42.3 Å². The number of hydrogen-bond acceptors (Lipinski definition) is 3. The Morgan fingerprint density at radius 2 is 1.96 bits per heavy atom. The van der Waals surface area contributed by atoms with Crippen LogP contribution in [0.4, 0.5) is 5.69 Å². The van der Waals surface area contributed by atoms with E-state index in [-0.39, 0.29) is 0 Å². The van der Waals surface area contributed by atoms with Crippen LogP contribution in [0.2, 0.25) is 0 Å². The molecule has 2 N–H and O–H groups in total. The van der Waals surface area contributed by atoms with E-state index in [1.807, 2.05) is 30.3 Å². The maximum absolute atomic E-state index is 4.63. The van der Waals surface area contributed by atoms with E-state index < -0.39 is 0 Å². The van der Waals surface area contributed by atoms with Crippen LogP contribution >= 0.6 is 0 Å². The summed E-state index contributed by atoms with van der Waals surface area (Å²) in [5, 5.41) is 9.43. The third-order valence-corrected chi connectivity index (χ3v) is 5.13. The Morgan fingerprint density at radius 1 is 1.17 bits per heavy atom. The van der Waals surface area contributed by atoms with Gasteiger partial charge in [-0.05, 0) is 32.3 Å². The van der Waals surface area contributed by atoms with E-state index in [1.54, 1.807) is 0 Å². The van der Waals surface area contributed by atoms with Crippen LogP contribution in [0.15, 0.2) is 18.6 Å². The topological polar surface area (TPSA) is 58.5 Å². The number of H-pyrrole nitrogens is 1. The van der Waals surface area contributed by atoms with Gasteiger partial charge in [0.15, 0.2) is 0 Å². The number of anilines is 1. The van der Waals surface area contributed by atoms with Crippen molar-refractivity contribution in [2.45, 2.75) is 45.6 Å². The number of pyridine rings is 1. The molecule has 3 aromatic rings. The van der Waals surface area contributed by atoms with Gasteiger partial charge in [-0.1, -0.05) is 12.8 Å². The zero-order chi connectivity index (χ0) is 16.0. The molecule has 120 valence electrons. The molecule has 1 saturated carbocycles. The number of fused-ring (bicyclic) bond motifs is 1. The molecular formula is C18H23N5. The summed E-state index contributed by atoms with van der Waals surface area (Å²) in [5.74, 6) is 0. The fourth-order valence-corrected chi connectivity index (χ4v) is 3.64. The maximum atomic E-state index is 4.63. The van der Waals surface area contributed by atoms with Crippen LogP contribution in [0.1, 0.15) is 36.9 Å². The molecule has 5 heteroatoms. The number of rotatable bonds is 3. The number of aromatic nitrogens is 4. The number of hydrogen-bond donors (Lipinski definition) is 2. The molecule has 0 radical (unpaired) electrons. The van der Waals surface area contributed by atoms with Gasteiger partial charge in [0.05, 0.1) is 11.9 Å². The summed E-state index contributed by atoms with van der Waals surface area (Å²) < 4.78 is 1.92. The number of aromatic amines is 1. The Morgan fingerprint density at radius 3 is 2.65 bits per heavy atom. The quantitative estimate of drug-likeness (QED) is 0.770. The van der Waals surface area contributed by atoms with Crippen molar-refractivity contribution >= 4 is 16.7 Å². The van der Waals surface area contributed by atoms with Crippen molar-refractivity contribution in [1.29, 1.82) is 0 Å². The first-order valence-electron chi connectivity index (χ1n) is 8.37. The molecule has 5 nitrogen and oxygen atoms in total. The first-order valence-corrected chi connectivity index (χ1v) is 8.37. The van der Waals surface area contributed by atoms with Crippen molar-refractivity contribution in [1.82, 2.24) is 19.7 Å². The van der Waals surface area contributed by atoms with E-state index in [2.05, 4.69) is 34.2 Å². The van der Waals surface area contributed by atoms with Gasteiger partial charge in [0.25, 0.3) is 0 Å². The average Bonchev–Trinajstić information content (AvgIpc) is 3.25. The summed E-state index contributed by atoms with van der Waals surface area (Å²) in [6.45, 7) is 4.25. The smallest absolute Gasteiger partial charge is 0.139 e. The second-order valence-electron chi connectivity index (χ2n) is 6.64. The molecule has 0 spiro atoms. The minimum atomic E-state index is 0.561. The van der Waals surface area contributed by atoms with Crippen molar-refractivity contribution in [3.63, 3.8) is 0 Å². The normalized spacial score (nSPS) is 15.6. The Bertz CT molecular complexity index is 852. The summed E-state index contributed by atoms with van der Waals surface area (Å²) in [6.07, 6.45) is 11.1. The van der Waals surface area contributed by atoms with Crippen LogP contribution in [0.3, 0.4) is 0 Å². The number of aryl methyl sites for hydroxylation is 2. The minimum absolute atomic E-state index is 0.561. The van der Waals surface area contributed by atoms with Gasteiger partial charge in [-0.15, -0.1) is 0 Å². The molecule has 0 aromatic carbocycles. The van der Waals surface area contributed by atoms with Crippen molar-refractivity contribution < 1.29 is 0 Å². The predicted molar refractivity (Wildman–Crippen MR) is 93.6 cm³/mol. The zero-order valence-corrected chi connectivity index (χ0v) is 14.0. The monoisotopic (exact) mass is 309 g/mol. The largest absolute Gasteiger partial charge is 0.381 e. The third-order valence-electron chi connectivity index (χ3n) is 5.13. The van der Waals surface area contributed by atoms with E-state index in [9.17, 15) is 0 Å². The lowest BCUT2D eigenvalue weighted by molar-refractivity contribution is 0.740. The molecule has 0 saturated heterocycles. The molecule has 0 bridgehead atoms. The highest BCUT2D eigenvalue weighted by molar-refractivity contribution is 6.00. The van der Waals surface area contributed by atoms with Crippen LogP contribution in [0.25, 0.3) is 22.2 Å². The van der Waals surface area contributed by atoms with Crippen LogP contribution in [0, 0.1) is 13.8 Å². The predicted octanol–water partition coefficient (Wildman–Crippen LogP) is 3.93. The van der Waals surface area contributed by atoms with E-state index in [0.717, 1.165) is 22.5 Å². The second-order valence-corrected chi connectivity index (χ2v) is 6.64. The van der Waals surface area contributed by atoms with Crippen molar-refractivity contribution in [3.8, 4) is 11.1 Å². The summed E-state index contributed by atoms with van der Waals surface area (Å²) in [6, 6.07) is 0.561. The lowest BCUT2D eigenvalue weighted by atomic mass is 10.0. The van der Waals surface area contributed by atoms with Gasteiger partial charge >= 0.3 is 0 Å². The van der Waals surface area contributed by atoms with Crippen LogP contribution in [-0.2, 0) is 7.05 Å². The molecule has 1 aliphatic carbocycles. The van der Waals surface area contributed by atoms with Gasteiger partial charge in [0.2, 0.25) is 0 Å². The Labute approximate surface area is 136 Å². The second kappa shape index (κ2) is 5.41. The lowest BCUT2D eigenvalue weighted by Crippen LogP contribution is -2.15. The molecule has 3 heterocycles. The van der Waals surface area contributed by atoms with E-state index in [0.29, 0.717) is 6.04 Å². The number of nitrogens with zero attached hydrogens (tertiary/aromatic N) is 3. The van der Waals surface area contributed by atoms with E-state index in [4.69, 9.17) is 0 Å². The highest BCUT2D eigenvalue weighted by atomic mass is 15.3. The van der Waals surface area contributed by atoms with Gasteiger partial charge in [-0.3, -0.25) is 4.68 Å². The minimum Gasteiger partial charge on any atom is -0.381 e. The molecule has 4 rings (SSSR count). The van der Waals surface area contributed by atoms with Crippen LogP contribution in [-0.4, -0.2) is 25.8 Å². The van der Waals surface area contributed by atoms with Gasteiger partial charge in [-0.2, -0.15) is 5.10 Å². The van der Waals surface area contributed by atoms with E-state index >= 15 is 0 Å². The van der Waals surface area contributed by atoms with Gasteiger partial charge < -0.3 is 10.3 Å². The highest BCUT2D eigenvalue weighted by Crippen LogP contribution is 2.38. The molecule has 0 aliphatic heterocycles. The average molecular weight is 309 g/mol. The SMILES string of the molecule is Cc1c[nH]c2ncc(-c3cnn(C)c3C)c(NC3CCCC3)c12. The van der Waals surface area contributed by atoms with Crippen molar-refractivity contribution in [3.05, 3.63) is 29.8 Å². The lowest BCUT2D eigenvalue weighted by Gasteiger charge is -2.18. The zero-order valence-electron chi connectivity index (χ0n) is 14.0. The van der Waals surface area contributed by atoms with Gasteiger partial charge in [-0.25, -0.2) is 4.98 Å². The van der Waals surface area contributed by atoms with Crippen LogP contribution in [0.5, 0.6) is 0 Å². The highest BCUT2D eigenvalue weighted by Gasteiger charge is 2.21. The standard InChI is InChI=1S/C18H23N5/c1-11-8-19-18-16(11)17(22-13-6-4-5-7-13)15(9-20-18)14-10-21-23(3)12(14)2/h8-10,13H,4-7H2,1-3H3,(H2,19,20,22). The fraction of sp³-hybridized carbons (Fsp3) is 0.444. The third kappa shape index (κ3) is 2.31. The van der Waals surface area contributed by atoms with Crippen molar-refractivity contribution in [2.75, 3.05) is 5.32 Å².